The number of benzene rings is 2. The lowest BCUT2D eigenvalue weighted by Gasteiger charge is -2.44. The number of fused-ring (bicyclic) bond motifs is 3. The van der Waals surface area contributed by atoms with E-state index in [0.717, 1.165) is 60.9 Å². The van der Waals surface area contributed by atoms with Gasteiger partial charge in [-0.1, -0.05) is 26.3 Å². The first-order valence-corrected chi connectivity index (χ1v) is 13.4. The number of Topliss-reactive ketones (excluding diaryl/α,β-unsaturated/α-hetero) is 1. The largest absolute Gasteiger partial charge is 0.369 e. The number of nitriles is 1. The molecule has 0 bridgehead atoms. The lowest BCUT2D eigenvalue weighted by Crippen LogP contribution is -2.52. The van der Waals surface area contributed by atoms with Crippen molar-refractivity contribution in [3.05, 3.63) is 69.3 Å². The van der Waals surface area contributed by atoms with E-state index in [-0.39, 0.29) is 11.2 Å². The topological polar surface area (TPSA) is 47.3 Å². The van der Waals surface area contributed by atoms with E-state index >= 15 is 0 Å². The van der Waals surface area contributed by atoms with Crippen molar-refractivity contribution in [3.8, 4) is 6.07 Å². The number of piperazine rings is 1. The van der Waals surface area contributed by atoms with Crippen LogP contribution in [0, 0.1) is 11.3 Å². The quantitative estimate of drug-likeness (QED) is 0.595. The Hall–Kier alpha value is -2.90. The fourth-order valence-electron chi connectivity index (χ4n) is 6.97. The molecule has 0 spiro atoms. The number of ketones is 1. The minimum absolute atomic E-state index is 0.182. The van der Waals surface area contributed by atoms with Crippen molar-refractivity contribution in [3.63, 3.8) is 0 Å². The molecule has 0 radical (unpaired) electrons. The van der Waals surface area contributed by atoms with Gasteiger partial charge in [0.05, 0.1) is 11.6 Å². The molecule has 0 N–H and O–H groups in total. The lowest BCUT2D eigenvalue weighted by atomic mass is 9.68. The smallest absolute Gasteiger partial charge is 0.193 e. The zero-order chi connectivity index (χ0) is 23.9. The maximum absolute atomic E-state index is 14.0. The third kappa shape index (κ3) is 3.17. The van der Waals surface area contributed by atoms with Crippen molar-refractivity contribution in [2.24, 2.45) is 0 Å². The Morgan fingerprint density at radius 3 is 2.40 bits per heavy atom. The summed E-state index contributed by atoms with van der Waals surface area (Å²) in [6, 6.07) is 13.6. The third-order valence-electron chi connectivity index (χ3n) is 9.50. The van der Waals surface area contributed by atoms with Gasteiger partial charge in [0.15, 0.2) is 5.78 Å². The summed E-state index contributed by atoms with van der Waals surface area (Å²) in [5.74, 6) is 0.779. The summed E-state index contributed by atoms with van der Waals surface area (Å²) in [6.45, 7) is 9.05. The normalized spacial score (nSPS) is 23.5. The second-order valence-corrected chi connectivity index (χ2v) is 11.8. The summed E-state index contributed by atoms with van der Waals surface area (Å²) in [5, 5.41) is 9.39. The van der Waals surface area contributed by atoms with Crippen LogP contribution in [0.5, 0.6) is 0 Å². The summed E-state index contributed by atoms with van der Waals surface area (Å²) in [4.78, 5) is 19.3. The number of hydrogen-bond donors (Lipinski definition) is 0. The van der Waals surface area contributed by atoms with E-state index < -0.39 is 0 Å². The van der Waals surface area contributed by atoms with Gasteiger partial charge in [-0.15, -0.1) is 0 Å². The Bertz CT molecular complexity index is 1330. The van der Waals surface area contributed by atoms with E-state index in [9.17, 15) is 10.1 Å². The molecule has 2 aromatic carbocycles. The van der Waals surface area contributed by atoms with Crippen LogP contribution in [0.4, 0.5) is 5.69 Å². The molecule has 0 amide bonds. The Kier molecular flexibility index (Phi) is 4.61. The molecule has 35 heavy (non-hydrogen) atoms. The second-order valence-electron chi connectivity index (χ2n) is 11.8. The number of carbonyl (C=O) groups is 1. The van der Waals surface area contributed by atoms with Crippen LogP contribution in [0.3, 0.4) is 0 Å². The maximum atomic E-state index is 14.0. The number of allylic oxidation sites excluding steroid dienone is 2. The van der Waals surface area contributed by atoms with Crippen molar-refractivity contribution in [1.29, 1.82) is 5.26 Å². The molecule has 1 heterocycles. The zero-order valence-corrected chi connectivity index (χ0v) is 20.9. The average molecular weight is 464 g/mol. The molecule has 1 aliphatic heterocycles. The van der Waals surface area contributed by atoms with E-state index in [1.54, 1.807) is 0 Å². The summed E-state index contributed by atoms with van der Waals surface area (Å²) >= 11 is 0. The number of rotatable bonds is 3. The minimum atomic E-state index is -0.213. The highest BCUT2D eigenvalue weighted by Gasteiger charge is 2.44. The predicted octanol–water partition coefficient (Wildman–Crippen LogP) is 5.59. The molecule has 2 saturated carbocycles. The molecular weight excluding hydrogens is 430 g/mol. The molecule has 2 aromatic rings. The minimum Gasteiger partial charge on any atom is -0.369 e. The number of carbonyl (C=O) groups excluding carboxylic acids is 1. The molecule has 3 fully saturated rings. The van der Waals surface area contributed by atoms with Crippen LogP contribution < -0.4 is 4.90 Å². The van der Waals surface area contributed by atoms with Crippen molar-refractivity contribution < 1.29 is 4.79 Å². The Labute approximate surface area is 208 Å². The van der Waals surface area contributed by atoms with Gasteiger partial charge in [-0.3, -0.25) is 9.69 Å². The maximum Gasteiger partial charge on any atom is 0.193 e. The van der Waals surface area contributed by atoms with Crippen LogP contribution in [-0.4, -0.2) is 42.9 Å². The van der Waals surface area contributed by atoms with Crippen molar-refractivity contribution in [2.45, 2.75) is 69.7 Å². The highest BCUT2D eigenvalue weighted by atomic mass is 16.1. The molecule has 4 nitrogen and oxygen atoms in total. The molecule has 0 atom stereocenters. The van der Waals surface area contributed by atoms with E-state index in [1.807, 2.05) is 18.2 Å². The highest BCUT2D eigenvalue weighted by Crippen LogP contribution is 2.53. The van der Waals surface area contributed by atoms with Gasteiger partial charge >= 0.3 is 0 Å². The molecule has 7 rings (SSSR count). The number of nitrogens with zero attached hydrogens (tertiary/aromatic N) is 3. The van der Waals surface area contributed by atoms with E-state index in [2.05, 4.69) is 41.8 Å². The van der Waals surface area contributed by atoms with Gasteiger partial charge in [-0.05, 0) is 90.1 Å². The van der Waals surface area contributed by atoms with Crippen LogP contribution in [-0.2, 0) is 11.8 Å². The number of anilines is 1. The van der Waals surface area contributed by atoms with Gasteiger partial charge in [-0.25, -0.2) is 0 Å². The molecule has 4 heteroatoms. The van der Waals surface area contributed by atoms with Gasteiger partial charge in [0.2, 0.25) is 0 Å². The van der Waals surface area contributed by atoms with Crippen molar-refractivity contribution in [2.75, 3.05) is 31.1 Å². The van der Waals surface area contributed by atoms with E-state index in [1.165, 1.54) is 54.5 Å². The predicted molar refractivity (Wildman–Crippen MR) is 139 cm³/mol. The molecular formula is C31H33N3O. The molecule has 1 saturated heterocycles. The summed E-state index contributed by atoms with van der Waals surface area (Å²) < 4.78 is 0. The molecule has 178 valence electrons. The van der Waals surface area contributed by atoms with Gasteiger partial charge in [-0.2, -0.15) is 5.26 Å². The first-order valence-electron chi connectivity index (χ1n) is 13.4. The van der Waals surface area contributed by atoms with Gasteiger partial charge in [0.25, 0.3) is 0 Å². The summed E-state index contributed by atoms with van der Waals surface area (Å²) in [6.07, 6.45) is 7.37. The fraction of sp³-hybridized carbons (Fsp3) is 0.484. The SMILES string of the molecule is CC1(C)C2=C(C(=O)c3cc(C4CC4)c(N4CCN(C5CCC5)CC4)cc31)c1ccc(C#N)cc1C2. The Morgan fingerprint density at radius 2 is 1.74 bits per heavy atom. The fourth-order valence-corrected chi connectivity index (χ4v) is 6.97. The Balaban J connectivity index is 1.28. The van der Waals surface area contributed by atoms with Crippen LogP contribution in [0.25, 0.3) is 5.57 Å². The molecule has 5 aliphatic rings. The van der Waals surface area contributed by atoms with Crippen LogP contribution >= 0.6 is 0 Å². The molecule has 0 aromatic heterocycles. The summed E-state index contributed by atoms with van der Waals surface area (Å²) in [7, 11) is 0. The summed E-state index contributed by atoms with van der Waals surface area (Å²) in [5.41, 5.74) is 9.61. The first-order chi connectivity index (χ1) is 17.0. The average Bonchev–Trinajstić information content (AvgIpc) is 3.60. The highest BCUT2D eigenvalue weighted by molar-refractivity contribution is 6.33. The number of hydrogen-bond acceptors (Lipinski definition) is 4. The van der Waals surface area contributed by atoms with Crippen molar-refractivity contribution >= 4 is 17.0 Å². The van der Waals surface area contributed by atoms with Gasteiger partial charge < -0.3 is 4.90 Å². The third-order valence-corrected chi connectivity index (χ3v) is 9.50. The van der Waals surface area contributed by atoms with E-state index in [0.29, 0.717) is 11.5 Å². The standard InChI is InChI=1S/C31H33N3O/c1-31(2)26-17-28(34-12-10-33(11-13-34)22-4-3-5-22)24(20-7-8-20)16-25(26)30(35)29-23-9-6-19(18-32)14-21(23)15-27(29)31/h6,9,14,16-17,20,22H,3-5,7-8,10-13,15H2,1-2H3. The second kappa shape index (κ2) is 7.55. The van der Waals surface area contributed by atoms with E-state index in [4.69, 9.17) is 0 Å². The lowest BCUT2D eigenvalue weighted by molar-refractivity contribution is 0.105. The van der Waals surface area contributed by atoms with Gasteiger partial charge in [0, 0.05) is 54.5 Å². The zero-order valence-electron chi connectivity index (χ0n) is 20.9. The van der Waals surface area contributed by atoms with Crippen LogP contribution in [0.2, 0.25) is 0 Å². The molecule has 0 unspecified atom stereocenters. The molecule has 4 aliphatic carbocycles. The van der Waals surface area contributed by atoms with Crippen molar-refractivity contribution in [1.82, 2.24) is 4.90 Å². The van der Waals surface area contributed by atoms with Crippen LogP contribution in [0.15, 0.2) is 35.9 Å². The Morgan fingerprint density at radius 1 is 0.971 bits per heavy atom. The van der Waals surface area contributed by atoms with Gasteiger partial charge in [0.1, 0.15) is 0 Å². The monoisotopic (exact) mass is 463 g/mol. The van der Waals surface area contributed by atoms with Crippen LogP contribution in [0.1, 0.15) is 90.0 Å². The first kappa shape index (κ1) is 21.4.